The number of aromatic nitrogens is 4. The Morgan fingerprint density at radius 3 is 2.43 bits per heavy atom. The first-order valence-corrected chi connectivity index (χ1v) is 6.72. The molecule has 23 heavy (non-hydrogen) atoms. The molecule has 0 atom stereocenters. The monoisotopic (exact) mass is 307 g/mol. The highest BCUT2D eigenvalue weighted by atomic mass is 16.6. The highest BCUT2D eigenvalue weighted by Crippen LogP contribution is 2.26. The summed E-state index contributed by atoms with van der Waals surface area (Å²) in [5.41, 5.74) is 3.12. The molecule has 4 aromatic rings. The largest absolute Gasteiger partial charge is 0.416 e. The van der Waals surface area contributed by atoms with Crippen molar-refractivity contribution in [2.45, 2.75) is 0 Å². The first-order chi connectivity index (χ1) is 11.2. The minimum atomic E-state index is -0.456. The topological polar surface area (TPSA) is 111 Å². The molecule has 8 heteroatoms. The third kappa shape index (κ3) is 2.31. The second-order valence-corrected chi connectivity index (χ2v) is 4.85. The molecule has 2 aromatic heterocycles. The summed E-state index contributed by atoms with van der Waals surface area (Å²) < 4.78 is 5.66. The van der Waals surface area contributed by atoms with Gasteiger partial charge in [-0.25, -0.2) is 4.98 Å². The molecule has 0 fully saturated rings. The number of rotatable bonds is 3. The van der Waals surface area contributed by atoms with Crippen molar-refractivity contribution < 1.29 is 9.34 Å². The summed E-state index contributed by atoms with van der Waals surface area (Å²) in [4.78, 5) is 17.4. The average molecular weight is 307 g/mol. The molecule has 0 bridgehead atoms. The van der Waals surface area contributed by atoms with Crippen molar-refractivity contribution in [1.82, 2.24) is 20.2 Å². The van der Waals surface area contributed by atoms with Crippen LogP contribution >= 0.6 is 0 Å². The van der Waals surface area contributed by atoms with E-state index in [1.807, 2.05) is 18.2 Å². The van der Waals surface area contributed by atoms with Gasteiger partial charge in [0.05, 0.1) is 22.3 Å². The van der Waals surface area contributed by atoms with E-state index in [-0.39, 0.29) is 5.69 Å². The van der Waals surface area contributed by atoms with Crippen LogP contribution in [0.1, 0.15) is 0 Å². The molecule has 0 unspecified atom stereocenters. The van der Waals surface area contributed by atoms with Gasteiger partial charge in [-0.2, -0.15) is 0 Å². The van der Waals surface area contributed by atoms with Crippen LogP contribution in [0.2, 0.25) is 0 Å². The molecule has 0 aliphatic carbocycles. The second kappa shape index (κ2) is 5.02. The fourth-order valence-electron chi connectivity index (χ4n) is 2.25. The molecule has 4 rings (SSSR count). The SMILES string of the molecule is O=[N+]([O-])c1ccc(-c2nnc(-c3ccc4nc[nH]c4c3)o2)cc1. The third-order valence-corrected chi connectivity index (χ3v) is 3.42. The molecular weight excluding hydrogens is 298 g/mol. The number of fused-ring (bicyclic) bond motifs is 1. The van der Waals surface area contributed by atoms with Crippen molar-refractivity contribution in [2.24, 2.45) is 0 Å². The fourth-order valence-corrected chi connectivity index (χ4v) is 2.25. The van der Waals surface area contributed by atoms with E-state index < -0.39 is 4.92 Å². The van der Waals surface area contributed by atoms with E-state index in [1.165, 1.54) is 12.1 Å². The molecule has 2 heterocycles. The van der Waals surface area contributed by atoms with Gasteiger partial charge in [0, 0.05) is 23.3 Å². The first kappa shape index (κ1) is 13.1. The second-order valence-electron chi connectivity index (χ2n) is 4.85. The number of non-ortho nitro benzene ring substituents is 1. The maximum Gasteiger partial charge on any atom is 0.269 e. The Morgan fingerprint density at radius 2 is 1.70 bits per heavy atom. The van der Waals surface area contributed by atoms with Crippen molar-refractivity contribution in [3.8, 4) is 22.9 Å². The van der Waals surface area contributed by atoms with Crippen molar-refractivity contribution in [1.29, 1.82) is 0 Å². The number of H-pyrrole nitrogens is 1. The molecule has 0 aliphatic rings. The number of nitro groups is 1. The predicted octanol–water partition coefficient (Wildman–Crippen LogP) is 3.19. The molecule has 112 valence electrons. The molecule has 0 saturated carbocycles. The molecule has 0 amide bonds. The normalized spacial score (nSPS) is 11.0. The van der Waals surface area contributed by atoms with Crippen LogP contribution in [0.4, 0.5) is 5.69 Å². The van der Waals surface area contributed by atoms with Crippen LogP contribution in [0.3, 0.4) is 0 Å². The molecule has 0 aliphatic heterocycles. The van der Waals surface area contributed by atoms with Gasteiger partial charge in [0.2, 0.25) is 11.8 Å². The number of aromatic amines is 1. The van der Waals surface area contributed by atoms with Crippen molar-refractivity contribution >= 4 is 16.7 Å². The van der Waals surface area contributed by atoms with Gasteiger partial charge in [0.15, 0.2) is 0 Å². The van der Waals surface area contributed by atoms with E-state index in [1.54, 1.807) is 18.5 Å². The summed E-state index contributed by atoms with van der Waals surface area (Å²) in [5.74, 6) is 0.675. The van der Waals surface area contributed by atoms with Gasteiger partial charge >= 0.3 is 0 Å². The van der Waals surface area contributed by atoms with E-state index in [4.69, 9.17) is 4.42 Å². The van der Waals surface area contributed by atoms with E-state index in [2.05, 4.69) is 20.2 Å². The van der Waals surface area contributed by atoms with E-state index in [0.717, 1.165) is 16.6 Å². The van der Waals surface area contributed by atoms with E-state index >= 15 is 0 Å². The Bertz CT molecular complexity index is 1000. The van der Waals surface area contributed by atoms with Gasteiger partial charge in [0.25, 0.3) is 5.69 Å². The lowest BCUT2D eigenvalue weighted by Gasteiger charge is -1.96. The summed E-state index contributed by atoms with van der Waals surface area (Å²) >= 11 is 0. The standard InChI is InChI=1S/C15H9N5O3/c21-20(22)11-4-1-9(2-5-11)14-18-19-15(23-14)10-3-6-12-13(7-10)17-8-16-12/h1-8H,(H,16,17). The quantitative estimate of drug-likeness (QED) is 0.459. The molecule has 2 aromatic carbocycles. The molecule has 1 N–H and O–H groups in total. The number of hydrogen-bond acceptors (Lipinski definition) is 6. The first-order valence-electron chi connectivity index (χ1n) is 6.72. The number of nitro benzene ring substituents is 1. The van der Waals surface area contributed by atoms with Crippen LogP contribution in [0.15, 0.2) is 53.2 Å². The summed E-state index contributed by atoms with van der Waals surface area (Å²) in [6, 6.07) is 11.5. The lowest BCUT2D eigenvalue weighted by Crippen LogP contribution is -1.87. The maximum absolute atomic E-state index is 10.7. The van der Waals surface area contributed by atoms with Crippen LogP contribution in [0.5, 0.6) is 0 Å². The van der Waals surface area contributed by atoms with Gasteiger partial charge in [-0.15, -0.1) is 10.2 Å². The molecular formula is C15H9N5O3. The van der Waals surface area contributed by atoms with Crippen LogP contribution < -0.4 is 0 Å². The fraction of sp³-hybridized carbons (Fsp3) is 0. The summed E-state index contributed by atoms with van der Waals surface area (Å²) in [5, 5.41) is 18.7. The Hall–Kier alpha value is -3.55. The van der Waals surface area contributed by atoms with Crippen LogP contribution in [-0.2, 0) is 0 Å². The minimum absolute atomic E-state index is 0.0122. The van der Waals surface area contributed by atoms with Gasteiger partial charge in [0.1, 0.15) is 0 Å². The zero-order valence-electron chi connectivity index (χ0n) is 11.6. The van der Waals surface area contributed by atoms with Crippen molar-refractivity contribution in [3.05, 3.63) is 58.9 Å². The van der Waals surface area contributed by atoms with E-state index in [9.17, 15) is 10.1 Å². The summed E-state index contributed by atoms with van der Waals surface area (Å²) in [6.45, 7) is 0. The molecule has 0 radical (unpaired) electrons. The zero-order valence-corrected chi connectivity index (χ0v) is 11.6. The van der Waals surface area contributed by atoms with Crippen molar-refractivity contribution in [3.63, 3.8) is 0 Å². The highest BCUT2D eigenvalue weighted by Gasteiger charge is 2.13. The Labute approximate surface area is 129 Å². The smallest absolute Gasteiger partial charge is 0.269 e. The van der Waals surface area contributed by atoms with Crippen LogP contribution in [0.25, 0.3) is 33.9 Å². The van der Waals surface area contributed by atoms with Gasteiger partial charge < -0.3 is 9.40 Å². The zero-order chi connectivity index (χ0) is 15.8. The minimum Gasteiger partial charge on any atom is -0.416 e. The molecule has 0 spiro atoms. The number of nitrogens with zero attached hydrogens (tertiary/aromatic N) is 4. The third-order valence-electron chi connectivity index (χ3n) is 3.42. The van der Waals surface area contributed by atoms with Gasteiger partial charge in [-0.1, -0.05) is 0 Å². The summed E-state index contributed by atoms with van der Waals surface area (Å²) in [7, 11) is 0. The van der Waals surface area contributed by atoms with Gasteiger partial charge in [-0.05, 0) is 30.3 Å². The highest BCUT2D eigenvalue weighted by molar-refractivity contribution is 5.79. The molecule has 0 saturated heterocycles. The van der Waals surface area contributed by atoms with E-state index in [0.29, 0.717) is 17.3 Å². The van der Waals surface area contributed by atoms with Gasteiger partial charge in [-0.3, -0.25) is 10.1 Å². The average Bonchev–Trinajstić information content (AvgIpc) is 3.23. The lowest BCUT2D eigenvalue weighted by atomic mass is 10.2. The predicted molar refractivity (Wildman–Crippen MR) is 81.5 cm³/mol. The van der Waals surface area contributed by atoms with Crippen LogP contribution in [0, 0.1) is 10.1 Å². The number of imidazole rings is 1. The molecule has 8 nitrogen and oxygen atoms in total. The van der Waals surface area contributed by atoms with Crippen LogP contribution in [-0.4, -0.2) is 25.1 Å². The number of hydrogen-bond donors (Lipinski definition) is 1. The Balaban J connectivity index is 1.69. The lowest BCUT2D eigenvalue weighted by molar-refractivity contribution is -0.384. The summed E-state index contributed by atoms with van der Waals surface area (Å²) in [6.07, 6.45) is 1.62. The van der Waals surface area contributed by atoms with Crippen molar-refractivity contribution in [2.75, 3.05) is 0 Å². The number of nitrogens with one attached hydrogen (secondary N) is 1. The Morgan fingerprint density at radius 1 is 1.00 bits per heavy atom. The maximum atomic E-state index is 10.7. The number of benzene rings is 2. The Kier molecular flexibility index (Phi) is 2.87.